The molecule has 2 nitrogen and oxygen atoms in total. The second kappa shape index (κ2) is 15.3. The van der Waals surface area contributed by atoms with Gasteiger partial charge in [-0.3, -0.25) is 0 Å². The number of fused-ring (bicyclic) bond motifs is 10. The van der Waals surface area contributed by atoms with Crippen LogP contribution in [0.15, 0.2) is 36.5 Å². The van der Waals surface area contributed by atoms with Gasteiger partial charge in [0.1, 0.15) is 0 Å². The second-order valence-corrected chi connectivity index (χ2v) is 12.0. The van der Waals surface area contributed by atoms with Crippen molar-refractivity contribution in [1.29, 1.82) is 0 Å². The van der Waals surface area contributed by atoms with E-state index in [0.29, 0.717) is 0 Å². The average Bonchev–Trinajstić information content (AvgIpc) is 2.85. The molecule has 0 spiro atoms. The standard InChI is InChI=1S/C32H54N2/c1-2-5-10-14-18-23-34-26-29-19-15-11-7-4-6-9-13-17-22-33-24-21-32(31(25-29)28-34)30(27-33)20-16-12-8-3-1/h1-2,9-10,13-14,29-32H,3-8,11-12,15-28H2/b2-1-,13-9-,14-10-/t29-,30+,31+,32+/m1/s1. The fourth-order valence-electron chi connectivity index (χ4n) is 7.46. The van der Waals surface area contributed by atoms with Crippen molar-refractivity contribution in [1.82, 2.24) is 9.80 Å². The predicted molar refractivity (Wildman–Crippen MR) is 148 cm³/mol. The maximum Gasteiger partial charge on any atom is 0.00161 e. The molecule has 0 aromatic carbocycles. The Bertz CT molecular complexity index is 635. The van der Waals surface area contributed by atoms with Gasteiger partial charge < -0.3 is 9.80 Å². The number of hydrogen-bond donors (Lipinski definition) is 0. The van der Waals surface area contributed by atoms with E-state index >= 15 is 0 Å². The van der Waals surface area contributed by atoms with Gasteiger partial charge in [-0.15, -0.1) is 0 Å². The second-order valence-electron chi connectivity index (χ2n) is 12.0. The molecule has 192 valence electrons. The van der Waals surface area contributed by atoms with E-state index in [0.717, 1.165) is 30.1 Å². The van der Waals surface area contributed by atoms with Gasteiger partial charge in [0.15, 0.2) is 0 Å². The van der Waals surface area contributed by atoms with Gasteiger partial charge in [-0.1, -0.05) is 68.6 Å². The highest BCUT2D eigenvalue weighted by Crippen LogP contribution is 2.40. The SMILES string of the molecule is C1=C\CCCCC[C@H]2CN3CC/C=C\CCCCCC[C@@H]4C[C@@H](CN(CC/C=C\C/1)C4)[C@H]2CC3. The Kier molecular flexibility index (Phi) is 11.8. The maximum absolute atomic E-state index is 2.89. The van der Waals surface area contributed by atoms with Crippen molar-refractivity contribution in [3.63, 3.8) is 0 Å². The molecule has 0 radical (unpaired) electrons. The third-order valence-corrected chi connectivity index (χ3v) is 9.30. The first-order chi connectivity index (χ1) is 16.9. The van der Waals surface area contributed by atoms with Crippen LogP contribution in [-0.4, -0.2) is 49.1 Å². The molecule has 5 rings (SSSR count). The smallest absolute Gasteiger partial charge is 0.00161 e. The van der Waals surface area contributed by atoms with Crippen LogP contribution in [0, 0.1) is 23.7 Å². The summed E-state index contributed by atoms with van der Waals surface area (Å²) >= 11 is 0. The number of rotatable bonds is 0. The highest BCUT2D eigenvalue weighted by Gasteiger charge is 2.38. The molecule has 6 atom stereocenters. The van der Waals surface area contributed by atoms with Gasteiger partial charge in [-0.2, -0.15) is 0 Å². The van der Waals surface area contributed by atoms with Gasteiger partial charge in [0, 0.05) is 32.7 Å². The molecule has 2 heteroatoms. The molecule has 2 fully saturated rings. The van der Waals surface area contributed by atoms with Crippen LogP contribution < -0.4 is 0 Å². The third kappa shape index (κ3) is 8.98. The molecular weight excluding hydrogens is 412 g/mol. The van der Waals surface area contributed by atoms with Crippen molar-refractivity contribution in [3.05, 3.63) is 36.5 Å². The van der Waals surface area contributed by atoms with E-state index in [1.807, 2.05) is 0 Å². The van der Waals surface area contributed by atoms with E-state index in [-0.39, 0.29) is 0 Å². The van der Waals surface area contributed by atoms with Gasteiger partial charge in [-0.25, -0.2) is 0 Å². The first-order valence-corrected chi connectivity index (χ1v) is 15.3. The fourth-order valence-corrected chi connectivity index (χ4v) is 7.46. The first-order valence-electron chi connectivity index (χ1n) is 15.3. The van der Waals surface area contributed by atoms with Crippen LogP contribution in [0.3, 0.4) is 0 Å². The summed E-state index contributed by atoms with van der Waals surface area (Å²) in [7, 11) is 0. The zero-order chi connectivity index (χ0) is 23.3. The van der Waals surface area contributed by atoms with E-state index in [4.69, 9.17) is 0 Å². The Balaban J connectivity index is 1.48. The van der Waals surface area contributed by atoms with Crippen LogP contribution in [-0.2, 0) is 0 Å². The lowest BCUT2D eigenvalue weighted by atomic mass is 9.69. The van der Waals surface area contributed by atoms with E-state index in [1.165, 1.54) is 136 Å². The molecule has 0 aromatic heterocycles. The molecule has 2 unspecified atom stereocenters. The maximum atomic E-state index is 2.89. The largest absolute Gasteiger partial charge is 0.303 e. The first kappa shape index (κ1) is 26.2. The average molecular weight is 467 g/mol. The number of hydrogen-bond acceptors (Lipinski definition) is 2. The zero-order valence-electron chi connectivity index (χ0n) is 22.2. The lowest BCUT2D eigenvalue weighted by Gasteiger charge is -2.47. The van der Waals surface area contributed by atoms with Gasteiger partial charge >= 0.3 is 0 Å². The molecule has 5 aliphatic heterocycles. The molecule has 0 amide bonds. The minimum atomic E-state index is 0.935. The predicted octanol–water partition coefficient (Wildman–Crippen LogP) is 8.02. The van der Waals surface area contributed by atoms with Gasteiger partial charge in [-0.05, 0) is 101 Å². The quantitative estimate of drug-likeness (QED) is 0.333. The van der Waals surface area contributed by atoms with Crippen molar-refractivity contribution in [2.45, 2.75) is 103 Å². The van der Waals surface area contributed by atoms with Crippen molar-refractivity contribution in [3.8, 4) is 0 Å². The van der Waals surface area contributed by atoms with Crippen LogP contribution in [0.4, 0.5) is 0 Å². The highest BCUT2D eigenvalue weighted by molar-refractivity contribution is 4.95. The van der Waals surface area contributed by atoms with E-state index < -0.39 is 0 Å². The molecule has 5 heterocycles. The molecule has 5 aliphatic rings. The Morgan fingerprint density at radius 3 is 2.00 bits per heavy atom. The van der Waals surface area contributed by atoms with Gasteiger partial charge in [0.05, 0.1) is 0 Å². The van der Waals surface area contributed by atoms with Crippen LogP contribution in [0.1, 0.15) is 103 Å². The Labute approximate surface area is 211 Å². The molecule has 34 heavy (non-hydrogen) atoms. The topological polar surface area (TPSA) is 6.48 Å². The summed E-state index contributed by atoms with van der Waals surface area (Å²) in [6, 6.07) is 0. The van der Waals surface area contributed by atoms with Crippen LogP contribution in [0.5, 0.6) is 0 Å². The van der Waals surface area contributed by atoms with E-state index in [1.54, 1.807) is 0 Å². The van der Waals surface area contributed by atoms with Crippen LogP contribution >= 0.6 is 0 Å². The molecule has 2 saturated heterocycles. The summed E-state index contributed by atoms with van der Waals surface area (Å²) in [6.07, 6.45) is 36.8. The van der Waals surface area contributed by atoms with Crippen molar-refractivity contribution in [2.75, 3.05) is 39.3 Å². The summed E-state index contributed by atoms with van der Waals surface area (Å²) < 4.78 is 0. The fraction of sp³-hybridized carbons (Fsp3) is 0.812. The van der Waals surface area contributed by atoms with Crippen molar-refractivity contribution >= 4 is 0 Å². The van der Waals surface area contributed by atoms with E-state index in [9.17, 15) is 0 Å². The molecule has 0 aromatic rings. The van der Waals surface area contributed by atoms with E-state index in [2.05, 4.69) is 46.3 Å². The van der Waals surface area contributed by atoms with Crippen molar-refractivity contribution in [2.24, 2.45) is 23.7 Å². The molecule has 0 aliphatic carbocycles. The Hall–Kier alpha value is -0.860. The number of piperidine rings is 2. The molecular formula is C32H54N2. The summed E-state index contributed by atoms with van der Waals surface area (Å²) in [5, 5.41) is 0. The highest BCUT2D eigenvalue weighted by atomic mass is 15.1. The molecule has 6 bridgehead atoms. The van der Waals surface area contributed by atoms with Crippen LogP contribution in [0.25, 0.3) is 0 Å². The summed E-state index contributed by atoms with van der Waals surface area (Å²) in [6.45, 7) is 8.05. The monoisotopic (exact) mass is 466 g/mol. The van der Waals surface area contributed by atoms with Crippen molar-refractivity contribution < 1.29 is 0 Å². The van der Waals surface area contributed by atoms with Gasteiger partial charge in [0.2, 0.25) is 0 Å². The van der Waals surface area contributed by atoms with Crippen LogP contribution in [0.2, 0.25) is 0 Å². The van der Waals surface area contributed by atoms with Gasteiger partial charge in [0.25, 0.3) is 0 Å². The minimum absolute atomic E-state index is 0.935. The number of nitrogens with zero attached hydrogens (tertiary/aromatic N) is 2. The molecule has 0 N–H and O–H groups in total. The normalized spacial score (nSPS) is 40.2. The zero-order valence-corrected chi connectivity index (χ0v) is 22.2. The Morgan fingerprint density at radius 2 is 1.12 bits per heavy atom. The summed E-state index contributed by atoms with van der Waals surface area (Å²) in [4.78, 5) is 5.72. The summed E-state index contributed by atoms with van der Waals surface area (Å²) in [5.74, 6) is 3.80. The number of allylic oxidation sites excluding steroid dienone is 4. The minimum Gasteiger partial charge on any atom is -0.303 e. The molecule has 0 saturated carbocycles. The summed E-state index contributed by atoms with van der Waals surface area (Å²) in [5.41, 5.74) is 0. The lowest BCUT2D eigenvalue weighted by Crippen LogP contribution is -2.49. The lowest BCUT2D eigenvalue weighted by molar-refractivity contribution is 0.0203. The third-order valence-electron chi connectivity index (χ3n) is 9.30. The Morgan fingerprint density at radius 1 is 0.471 bits per heavy atom.